The fourth-order valence-corrected chi connectivity index (χ4v) is 2.35. The van der Waals surface area contributed by atoms with E-state index in [2.05, 4.69) is 16.0 Å². The van der Waals surface area contributed by atoms with Crippen LogP contribution in [0, 0.1) is 18.3 Å². The molecule has 3 rings (SSSR count). The predicted octanol–water partition coefficient (Wildman–Crippen LogP) is 3.59. The summed E-state index contributed by atoms with van der Waals surface area (Å²) in [5, 5.41) is 9.88. The molecule has 0 bridgehead atoms. The molecule has 0 saturated heterocycles. The summed E-state index contributed by atoms with van der Waals surface area (Å²) >= 11 is 6.18. The van der Waals surface area contributed by atoms with E-state index in [0.717, 1.165) is 35.6 Å². The lowest BCUT2D eigenvalue weighted by Crippen LogP contribution is -2.04. The van der Waals surface area contributed by atoms with Crippen LogP contribution in [0.25, 0.3) is 11.3 Å². The van der Waals surface area contributed by atoms with Crippen LogP contribution in [0.2, 0.25) is 5.02 Å². The lowest BCUT2D eigenvalue weighted by molar-refractivity contribution is 0.818. The monoisotopic (exact) mass is 257 g/mol. The smallest absolute Gasteiger partial charge is 0.127 e. The second kappa shape index (κ2) is 3.86. The predicted molar refractivity (Wildman–Crippen MR) is 70.3 cm³/mol. The molecule has 1 N–H and O–H groups in total. The second-order valence-electron chi connectivity index (χ2n) is 4.73. The Hall–Kier alpha value is -1.79. The zero-order chi connectivity index (χ0) is 12.8. The van der Waals surface area contributed by atoms with Crippen molar-refractivity contribution in [3.05, 3.63) is 40.8 Å². The van der Waals surface area contributed by atoms with Crippen LogP contribution in [0.3, 0.4) is 0 Å². The first kappa shape index (κ1) is 11.3. The molecular formula is C14H12ClN3. The average molecular weight is 258 g/mol. The van der Waals surface area contributed by atoms with Crippen molar-refractivity contribution in [2.24, 2.45) is 0 Å². The van der Waals surface area contributed by atoms with Crippen LogP contribution in [0.4, 0.5) is 0 Å². The Balaban J connectivity index is 2.10. The van der Waals surface area contributed by atoms with Crippen LogP contribution in [-0.2, 0) is 5.41 Å². The maximum absolute atomic E-state index is 9.20. The molecular weight excluding hydrogens is 246 g/mol. The highest BCUT2D eigenvalue weighted by Gasteiger charge is 2.48. The Labute approximate surface area is 110 Å². The Morgan fingerprint density at radius 2 is 2.11 bits per heavy atom. The van der Waals surface area contributed by atoms with E-state index >= 15 is 0 Å². The lowest BCUT2D eigenvalue weighted by Gasteiger charge is -2.01. The summed E-state index contributed by atoms with van der Waals surface area (Å²) in [7, 11) is 0. The SMILES string of the molecule is Cc1[nH]c(C2(C#N)CC2)nc1-c1ccccc1Cl. The number of hydrogen-bond acceptors (Lipinski definition) is 2. The summed E-state index contributed by atoms with van der Waals surface area (Å²) in [6, 6.07) is 9.98. The van der Waals surface area contributed by atoms with Gasteiger partial charge in [0.2, 0.25) is 0 Å². The molecule has 0 aliphatic heterocycles. The number of imidazole rings is 1. The number of nitriles is 1. The summed E-state index contributed by atoms with van der Waals surface area (Å²) in [6.07, 6.45) is 1.77. The van der Waals surface area contributed by atoms with Gasteiger partial charge in [0.25, 0.3) is 0 Å². The van der Waals surface area contributed by atoms with E-state index < -0.39 is 0 Å². The van der Waals surface area contributed by atoms with E-state index in [1.165, 1.54) is 0 Å². The minimum atomic E-state index is -0.385. The molecule has 18 heavy (non-hydrogen) atoms. The van der Waals surface area contributed by atoms with Crippen molar-refractivity contribution in [3.8, 4) is 17.3 Å². The number of nitrogens with one attached hydrogen (secondary N) is 1. The maximum atomic E-state index is 9.20. The molecule has 4 heteroatoms. The largest absolute Gasteiger partial charge is 0.344 e. The molecule has 1 aliphatic carbocycles. The van der Waals surface area contributed by atoms with E-state index in [1.807, 2.05) is 31.2 Å². The Kier molecular flexibility index (Phi) is 2.42. The Morgan fingerprint density at radius 1 is 1.39 bits per heavy atom. The topological polar surface area (TPSA) is 52.5 Å². The molecule has 1 aromatic heterocycles. The van der Waals surface area contributed by atoms with Gasteiger partial charge in [-0.1, -0.05) is 29.8 Å². The normalized spacial score (nSPS) is 16.3. The molecule has 0 atom stereocenters. The van der Waals surface area contributed by atoms with Crippen molar-refractivity contribution < 1.29 is 0 Å². The average Bonchev–Trinajstić information content (AvgIpc) is 3.08. The van der Waals surface area contributed by atoms with Gasteiger partial charge in [0.15, 0.2) is 0 Å². The molecule has 1 aliphatic rings. The third-order valence-electron chi connectivity index (χ3n) is 3.43. The van der Waals surface area contributed by atoms with Gasteiger partial charge in [-0.05, 0) is 25.8 Å². The molecule has 1 saturated carbocycles. The molecule has 0 radical (unpaired) electrons. The number of aromatic nitrogens is 2. The fourth-order valence-electron chi connectivity index (χ4n) is 2.13. The second-order valence-corrected chi connectivity index (χ2v) is 5.14. The Morgan fingerprint density at radius 3 is 2.72 bits per heavy atom. The van der Waals surface area contributed by atoms with Crippen LogP contribution in [0.15, 0.2) is 24.3 Å². The molecule has 2 aromatic rings. The van der Waals surface area contributed by atoms with Gasteiger partial charge >= 0.3 is 0 Å². The first-order valence-corrected chi connectivity index (χ1v) is 6.27. The standard InChI is InChI=1S/C14H12ClN3/c1-9-12(10-4-2-3-5-11(10)15)18-13(17-9)14(8-16)6-7-14/h2-5H,6-7H2,1H3,(H,17,18). The molecule has 1 aromatic carbocycles. The van der Waals surface area contributed by atoms with Crippen LogP contribution >= 0.6 is 11.6 Å². The summed E-state index contributed by atoms with van der Waals surface area (Å²) in [6.45, 7) is 1.96. The minimum absolute atomic E-state index is 0.385. The van der Waals surface area contributed by atoms with Crippen molar-refractivity contribution in [2.45, 2.75) is 25.2 Å². The van der Waals surface area contributed by atoms with Crippen LogP contribution in [-0.4, -0.2) is 9.97 Å². The molecule has 90 valence electrons. The molecule has 0 unspecified atom stereocenters. The van der Waals surface area contributed by atoms with Gasteiger partial charge in [-0.3, -0.25) is 0 Å². The highest BCUT2D eigenvalue weighted by Crippen LogP contribution is 2.47. The number of rotatable bonds is 2. The van der Waals surface area contributed by atoms with Crippen molar-refractivity contribution in [2.75, 3.05) is 0 Å². The molecule has 0 amide bonds. The third kappa shape index (κ3) is 1.61. The number of H-pyrrole nitrogens is 1. The van der Waals surface area contributed by atoms with E-state index in [-0.39, 0.29) is 5.41 Å². The van der Waals surface area contributed by atoms with Crippen LogP contribution in [0.1, 0.15) is 24.4 Å². The van der Waals surface area contributed by atoms with Crippen LogP contribution < -0.4 is 0 Å². The van der Waals surface area contributed by atoms with Crippen molar-refractivity contribution in [1.82, 2.24) is 9.97 Å². The lowest BCUT2D eigenvalue weighted by atomic mass is 10.1. The number of nitrogens with zero attached hydrogens (tertiary/aromatic N) is 2. The fraction of sp³-hybridized carbons (Fsp3) is 0.286. The third-order valence-corrected chi connectivity index (χ3v) is 3.76. The summed E-state index contributed by atoms with van der Waals surface area (Å²) < 4.78 is 0. The quantitative estimate of drug-likeness (QED) is 0.894. The van der Waals surface area contributed by atoms with Gasteiger partial charge in [-0.15, -0.1) is 0 Å². The molecule has 3 nitrogen and oxygen atoms in total. The first-order chi connectivity index (χ1) is 8.66. The number of halogens is 1. The van der Waals surface area contributed by atoms with Crippen molar-refractivity contribution in [1.29, 1.82) is 5.26 Å². The van der Waals surface area contributed by atoms with Crippen molar-refractivity contribution in [3.63, 3.8) is 0 Å². The van der Waals surface area contributed by atoms with Crippen LogP contribution in [0.5, 0.6) is 0 Å². The number of aromatic amines is 1. The number of aryl methyl sites for hydroxylation is 1. The zero-order valence-corrected chi connectivity index (χ0v) is 10.8. The molecule has 0 spiro atoms. The Bertz CT molecular complexity index is 647. The van der Waals surface area contributed by atoms with E-state index in [1.54, 1.807) is 0 Å². The molecule has 1 heterocycles. The van der Waals surface area contributed by atoms with Gasteiger partial charge in [0.1, 0.15) is 11.2 Å². The first-order valence-electron chi connectivity index (χ1n) is 5.89. The van der Waals surface area contributed by atoms with E-state index in [9.17, 15) is 5.26 Å². The number of hydrogen-bond donors (Lipinski definition) is 1. The van der Waals surface area contributed by atoms with E-state index in [0.29, 0.717) is 5.02 Å². The zero-order valence-electron chi connectivity index (χ0n) is 10.00. The van der Waals surface area contributed by atoms with Gasteiger partial charge in [-0.2, -0.15) is 5.26 Å². The maximum Gasteiger partial charge on any atom is 0.127 e. The highest BCUT2D eigenvalue weighted by atomic mass is 35.5. The van der Waals surface area contributed by atoms with Gasteiger partial charge in [-0.25, -0.2) is 4.98 Å². The van der Waals surface area contributed by atoms with Crippen molar-refractivity contribution >= 4 is 11.6 Å². The van der Waals surface area contributed by atoms with Gasteiger partial charge in [0, 0.05) is 11.3 Å². The minimum Gasteiger partial charge on any atom is -0.344 e. The number of benzene rings is 1. The summed E-state index contributed by atoms with van der Waals surface area (Å²) in [5.74, 6) is 0.775. The molecule has 1 fully saturated rings. The van der Waals surface area contributed by atoms with Gasteiger partial charge in [0.05, 0.1) is 16.8 Å². The summed E-state index contributed by atoms with van der Waals surface area (Å²) in [4.78, 5) is 7.82. The van der Waals surface area contributed by atoms with E-state index in [4.69, 9.17) is 11.6 Å². The van der Waals surface area contributed by atoms with Gasteiger partial charge < -0.3 is 4.98 Å². The summed E-state index contributed by atoms with van der Waals surface area (Å²) in [5.41, 5.74) is 2.33. The highest BCUT2D eigenvalue weighted by molar-refractivity contribution is 6.33.